The van der Waals surface area contributed by atoms with Crippen LogP contribution >= 0.6 is 31.9 Å². The Morgan fingerprint density at radius 1 is 0.971 bits per heavy atom. The van der Waals surface area contributed by atoms with E-state index in [1.807, 2.05) is 12.2 Å². The third-order valence-corrected chi connectivity index (χ3v) is 6.78. The van der Waals surface area contributed by atoms with Crippen LogP contribution in [0, 0.1) is 0 Å². The van der Waals surface area contributed by atoms with Crippen molar-refractivity contribution >= 4 is 43.8 Å². The predicted octanol–water partition coefficient (Wildman–Crippen LogP) is 6.04. The number of fused-ring (bicyclic) bond motifs is 1. The van der Waals surface area contributed by atoms with Crippen molar-refractivity contribution in [3.05, 3.63) is 92.9 Å². The fraction of sp³-hybridized carbons (Fsp3) is 0.333. The molecule has 4 rings (SSSR count). The SMILES string of the molecule is O=C(OC[C@H](C=C[C@@H]1C=CC[C@H]2OCCC[C@@H]2O1)OC(=O)c1ccc(Br)cc1)c1ccc(Br)cc1. The molecule has 0 saturated carbocycles. The summed E-state index contributed by atoms with van der Waals surface area (Å²) in [5.41, 5.74) is 0.812. The fourth-order valence-electron chi connectivity index (χ4n) is 3.87. The van der Waals surface area contributed by atoms with Gasteiger partial charge >= 0.3 is 11.9 Å². The first-order valence-electron chi connectivity index (χ1n) is 11.5. The molecule has 0 bridgehead atoms. The van der Waals surface area contributed by atoms with E-state index >= 15 is 0 Å². The molecule has 2 heterocycles. The lowest BCUT2D eigenvalue weighted by Gasteiger charge is -2.31. The largest absolute Gasteiger partial charge is 0.458 e. The van der Waals surface area contributed by atoms with Crippen molar-refractivity contribution in [2.24, 2.45) is 0 Å². The van der Waals surface area contributed by atoms with Gasteiger partial charge in [-0.3, -0.25) is 0 Å². The highest BCUT2D eigenvalue weighted by Gasteiger charge is 2.29. The van der Waals surface area contributed by atoms with E-state index in [0.29, 0.717) is 11.1 Å². The molecule has 35 heavy (non-hydrogen) atoms. The quantitative estimate of drug-likeness (QED) is 0.283. The molecule has 1 saturated heterocycles. The molecule has 6 nitrogen and oxygen atoms in total. The second kappa shape index (κ2) is 12.6. The predicted molar refractivity (Wildman–Crippen MR) is 138 cm³/mol. The van der Waals surface area contributed by atoms with E-state index in [4.69, 9.17) is 18.9 Å². The molecule has 2 aliphatic rings. The minimum Gasteiger partial charge on any atom is -0.458 e. The number of hydrogen-bond donors (Lipinski definition) is 0. The lowest BCUT2D eigenvalue weighted by Crippen LogP contribution is -2.36. The van der Waals surface area contributed by atoms with E-state index in [2.05, 4.69) is 37.9 Å². The molecule has 0 radical (unpaired) electrons. The van der Waals surface area contributed by atoms with E-state index < -0.39 is 18.0 Å². The van der Waals surface area contributed by atoms with Gasteiger partial charge in [-0.2, -0.15) is 0 Å². The van der Waals surface area contributed by atoms with Gasteiger partial charge in [0.2, 0.25) is 0 Å². The fourth-order valence-corrected chi connectivity index (χ4v) is 4.40. The highest BCUT2D eigenvalue weighted by Crippen LogP contribution is 2.25. The van der Waals surface area contributed by atoms with Gasteiger partial charge in [-0.05, 0) is 73.9 Å². The number of hydrogen-bond acceptors (Lipinski definition) is 6. The number of carbonyl (C=O) groups is 2. The second-order valence-electron chi connectivity index (χ2n) is 8.30. The lowest BCUT2D eigenvalue weighted by atomic mass is 10.0. The molecule has 0 amide bonds. The Balaban J connectivity index is 1.44. The molecule has 2 aliphatic heterocycles. The summed E-state index contributed by atoms with van der Waals surface area (Å²) in [5, 5.41) is 0. The maximum absolute atomic E-state index is 12.7. The van der Waals surface area contributed by atoms with Crippen LogP contribution in [0.4, 0.5) is 0 Å². The highest BCUT2D eigenvalue weighted by molar-refractivity contribution is 9.10. The number of rotatable bonds is 7. The molecular weight excluding hydrogens is 580 g/mol. The van der Waals surface area contributed by atoms with Crippen molar-refractivity contribution in [3.8, 4) is 0 Å². The van der Waals surface area contributed by atoms with Crippen LogP contribution in [0.15, 0.2) is 81.8 Å². The summed E-state index contributed by atoms with van der Waals surface area (Å²) in [6.45, 7) is 0.635. The number of benzene rings is 2. The smallest absolute Gasteiger partial charge is 0.338 e. The number of carbonyl (C=O) groups excluding carboxylic acids is 2. The molecule has 184 valence electrons. The van der Waals surface area contributed by atoms with Gasteiger partial charge in [-0.25, -0.2) is 9.59 Å². The number of halogens is 2. The normalized spacial score (nSPS) is 22.7. The van der Waals surface area contributed by atoms with E-state index in [1.165, 1.54) is 0 Å². The standard InChI is InChI=1S/C27H26Br2O6/c28-20-10-6-18(7-11-20)26(30)33-17-23(35-27(31)19-8-12-21(29)13-9-19)15-14-22-3-1-4-24-25(34-22)5-2-16-32-24/h1,3,6-15,22-25H,2,4-5,16-17H2/t22-,23-,24+,25-/m0/s1. The topological polar surface area (TPSA) is 71.1 Å². The summed E-state index contributed by atoms with van der Waals surface area (Å²) in [6.07, 6.45) is 9.31. The van der Waals surface area contributed by atoms with Gasteiger partial charge in [0.15, 0.2) is 6.10 Å². The maximum Gasteiger partial charge on any atom is 0.338 e. The molecule has 0 aliphatic carbocycles. The average molecular weight is 606 g/mol. The summed E-state index contributed by atoms with van der Waals surface area (Å²) in [6, 6.07) is 13.7. The van der Waals surface area contributed by atoms with Crippen LogP contribution in [0.1, 0.15) is 40.0 Å². The van der Waals surface area contributed by atoms with Crippen LogP contribution in [0.2, 0.25) is 0 Å². The molecule has 0 aromatic heterocycles. The van der Waals surface area contributed by atoms with E-state index in [0.717, 1.165) is 34.8 Å². The molecule has 2 aromatic carbocycles. The van der Waals surface area contributed by atoms with Crippen molar-refractivity contribution in [2.75, 3.05) is 13.2 Å². The molecule has 2 aromatic rings. The Morgan fingerprint density at radius 3 is 2.31 bits per heavy atom. The summed E-state index contributed by atoms with van der Waals surface area (Å²) >= 11 is 6.71. The van der Waals surface area contributed by atoms with E-state index in [-0.39, 0.29) is 24.9 Å². The summed E-state index contributed by atoms with van der Waals surface area (Å²) < 4.78 is 24.9. The van der Waals surface area contributed by atoms with Gasteiger partial charge in [0.25, 0.3) is 0 Å². The Kier molecular flexibility index (Phi) is 9.31. The van der Waals surface area contributed by atoms with Gasteiger partial charge in [-0.1, -0.05) is 50.1 Å². The summed E-state index contributed by atoms with van der Waals surface area (Å²) in [5.74, 6) is -1.01. The van der Waals surface area contributed by atoms with Crippen molar-refractivity contribution in [1.29, 1.82) is 0 Å². The van der Waals surface area contributed by atoms with Crippen molar-refractivity contribution in [3.63, 3.8) is 0 Å². The van der Waals surface area contributed by atoms with Gasteiger partial charge in [0.05, 0.1) is 29.4 Å². The Morgan fingerprint density at radius 2 is 1.63 bits per heavy atom. The van der Waals surface area contributed by atoms with E-state index in [9.17, 15) is 9.59 Å². The molecule has 4 atom stereocenters. The molecule has 0 N–H and O–H groups in total. The van der Waals surface area contributed by atoms with Crippen molar-refractivity contribution in [1.82, 2.24) is 0 Å². The molecule has 0 unspecified atom stereocenters. The third-order valence-electron chi connectivity index (χ3n) is 5.72. The molecule has 8 heteroatoms. The van der Waals surface area contributed by atoms with Crippen LogP contribution in [0.5, 0.6) is 0 Å². The van der Waals surface area contributed by atoms with Crippen molar-refractivity contribution < 1.29 is 28.5 Å². The lowest BCUT2D eigenvalue weighted by molar-refractivity contribution is -0.106. The van der Waals surface area contributed by atoms with Gasteiger partial charge < -0.3 is 18.9 Å². The molecule has 1 fully saturated rings. The van der Waals surface area contributed by atoms with Gasteiger partial charge in [-0.15, -0.1) is 0 Å². The Bertz CT molecular complexity index is 1060. The average Bonchev–Trinajstić information content (AvgIpc) is 3.08. The first-order chi connectivity index (χ1) is 17.0. The number of ether oxygens (including phenoxy) is 4. The zero-order valence-electron chi connectivity index (χ0n) is 19.0. The van der Waals surface area contributed by atoms with Crippen LogP contribution < -0.4 is 0 Å². The summed E-state index contributed by atoms with van der Waals surface area (Å²) in [4.78, 5) is 25.2. The number of esters is 2. The van der Waals surface area contributed by atoms with Crippen molar-refractivity contribution in [2.45, 2.75) is 43.7 Å². The Hall–Kier alpha value is -2.26. The van der Waals surface area contributed by atoms with Crippen LogP contribution in [-0.2, 0) is 18.9 Å². The third kappa shape index (κ3) is 7.61. The van der Waals surface area contributed by atoms with Gasteiger partial charge in [0.1, 0.15) is 6.61 Å². The minimum atomic E-state index is -0.788. The second-order valence-corrected chi connectivity index (χ2v) is 10.1. The first-order valence-corrected chi connectivity index (χ1v) is 13.1. The van der Waals surface area contributed by atoms with Gasteiger partial charge in [0, 0.05) is 15.6 Å². The molecule has 0 spiro atoms. The van der Waals surface area contributed by atoms with E-state index in [1.54, 1.807) is 54.6 Å². The zero-order chi connectivity index (χ0) is 24.6. The van der Waals surface area contributed by atoms with Crippen LogP contribution in [-0.4, -0.2) is 49.6 Å². The Labute approximate surface area is 221 Å². The van der Waals surface area contributed by atoms with Crippen LogP contribution in [0.3, 0.4) is 0 Å². The summed E-state index contributed by atoms with van der Waals surface area (Å²) in [7, 11) is 0. The maximum atomic E-state index is 12.7. The highest BCUT2D eigenvalue weighted by atomic mass is 79.9. The molecular formula is C27H26Br2O6. The monoisotopic (exact) mass is 604 g/mol. The van der Waals surface area contributed by atoms with Crippen LogP contribution in [0.25, 0.3) is 0 Å². The zero-order valence-corrected chi connectivity index (χ0v) is 22.2. The minimum absolute atomic E-state index is 0.0207. The first kappa shape index (κ1) is 25.8.